The van der Waals surface area contributed by atoms with Gasteiger partial charge < -0.3 is 9.32 Å². The number of carbonyl (C=O) groups excluding carboxylic acids is 2. The van der Waals surface area contributed by atoms with Crippen LogP contribution in [-0.2, 0) is 0 Å². The fourth-order valence-electron chi connectivity index (χ4n) is 2.91. The van der Waals surface area contributed by atoms with Gasteiger partial charge in [-0.2, -0.15) is 0 Å². The predicted octanol–water partition coefficient (Wildman–Crippen LogP) is 3.77. The van der Waals surface area contributed by atoms with Gasteiger partial charge in [-0.3, -0.25) is 9.59 Å². The molecule has 0 saturated carbocycles. The van der Waals surface area contributed by atoms with Gasteiger partial charge in [0, 0.05) is 23.7 Å². The summed E-state index contributed by atoms with van der Waals surface area (Å²) in [5.74, 6) is 1.02. The smallest absolute Gasteiger partial charge is 0.254 e. The van der Waals surface area contributed by atoms with E-state index >= 15 is 0 Å². The molecule has 0 N–H and O–H groups in total. The number of likely N-dealkylation sites (tertiary alicyclic amines) is 1. The number of carbonyl (C=O) groups is 2. The van der Waals surface area contributed by atoms with E-state index in [2.05, 4.69) is 6.92 Å². The zero-order valence-electron chi connectivity index (χ0n) is 12.6. The third-order valence-electron chi connectivity index (χ3n) is 4.22. The van der Waals surface area contributed by atoms with Crippen molar-refractivity contribution < 1.29 is 14.0 Å². The maximum absolute atomic E-state index is 12.6. The minimum absolute atomic E-state index is 0.0896. The molecule has 1 atom stereocenters. The summed E-state index contributed by atoms with van der Waals surface area (Å²) in [5, 5.41) is 0. The molecule has 1 fully saturated rings. The molecular formula is C18H19NO3. The fourth-order valence-corrected chi connectivity index (χ4v) is 2.91. The summed E-state index contributed by atoms with van der Waals surface area (Å²) in [6.07, 6.45) is 4.03. The molecule has 1 saturated heterocycles. The SMILES string of the molecule is CC1CCCCN1C(=O)c1ccc(-c2ccc(C=O)o2)cc1. The summed E-state index contributed by atoms with van der Waals surface area (Å²) in [6.45, 7) is 2.94. The second-order valence-electron chi connectivity index (χ2n) is 5.74. The van der Waals surface area contributed by atoms with Crippen molar-refractivity contribution >= 4 is 12.2 Å². The van der Waals surface area contributed by atoms with Gasteiger partial charge in [0.2, 0.25) is 0 Å². The lowest BCUT2D eigenvalue weighted by molar-refractivity contribution is 0.0635. The van der Waals surface area contributed by atoms with Gasteiger partial charge in [-0.05, 0) is 50.5 Å². The zero-order chi connectivity index (χ0) is 15.5. The van der Waals surface area contributed by atoms with E-state index in [0.717, 1.165) is 24.9 Å². The number of benzene rings is 1. The van der Waals surface area contributed by atoms with E-state index in [4.69, 9.17) is 4.42 Å². The molecular weight excluding hydrogens is 278 g/mol. The van der Waals surface area contributed by atoms with E-state index < -0.39 is 0 Å². The number of nitrogens with zero attached hydrogens (tertiary/aromatic N) is 1. The molecule has 0 bridgehead atoms. The average Bonchev–Trinajstić information content (AvgIpc) is 3.04. The highest BCUT2D eigenvalue weighted by molar-refractivity contribution is 5.95. The normalized spacial score (nSPS) is 18.2. The number of piperidine rings is 1. The molecule has 3 rings (SSSR count). The van der Waals surface area contributed by atoms with E-state index in [-0.39, 0.29) is 5.91 Å². The van der Waals surface area contributed by atoms with Gasteiger partial charge in [0.15, 0.2) is 12.0 Å². The molecule has 4 nitrogen and oxygen atoms in total. The summed E-state index contributed by atoms with van der Waals surface area (Å²) in [4.78, 5) is 25.2. The number of aldehydes is 1. The van der Waals surface area contributed by atoms with Gasteiger partial charge in [0.05, 0.1) is 0 Å². The van der Waals surface area contributed by atoms with Crippen molar-refractivity contribution in [2.75, 3.05) is 6.54 Å². The van der Waals surface area contributed by atoms with Crippen LogP contribution in [0.5, 0.6) is 0 Å². The van der Waals surface area contributed by atoms with Crippen LogP contribution in [0.3, 0.4) is 0 Å². The predicted molar refractivity (Wildman–Crippen MR) is 83.9 cm³/mol. The zero-order valence-corrected chi connectivity index (χ0v) is 12.6. The minimum Gasteiger partial charge on any atom is -0.453 e. The third kappa shape index (κ3) is 2.82. The quantitative estimate of drug-likeness (QED) is 0.810. The highest BCUT2D eigenvalue weighted by Gasteiger charge is 2.24. The van der Waals surface area contributed by atoms with Crippen molar-refractivity contribution in [3.05, 3.63) is 47.7 Å². The van der Waals surface area contributed by atoms with Crippen molar-refractivity contribution in [2.45, 2.75) is 32.2 Å². The first kappa shape index (κ1) is 14.6. The van der Waals surface area contributed by atoms with Crippen LogP contribution < -0.4 is 0 Å². The Balaban J connectivity index is 1.78. The van der Waals surface area contributed by atoms with Crippen molar-refractivity contribution in [3.63, 3.8) is 0 Å². The number of hydrogen-bond donors (Lipinski definition) is 0. The van der Waals surface area contributed by atoms with Gasteiger partial charge in [-0.25, -0.2) is 0 Å². The highest BCUT2D eigenvalue weighted by Crippen LogP contribution is 2.24. The first-order valence-corrected chi connectivity index (χ1v) is 7.65. The second kappa shape index (κ2) is 6.18. The van der Waals surface area contributed by atoms with Crippen molar-refractivity contribution in [1.82, 2.24) is 4.90 Å². The summed E-state index contributed by atoms with van der Waals surface area (Å²) < 4.78 is 5.39. The molecule has 114 valence electrons. The van der Waals surface area contributed by atoms with Crippen LogP contribution in [0.1, 0.15) is 47.1 Å². The lowest BCUT2D eigenvalue weighted by Crippen LogP contribution is -2.41. The Morgan fingerprint density at radius 1 is 1.18 bits per heavy atom. The molecule has 1 amide bonds. The Morgan fingerprint density at radius 3 is 2.59 bits per heavy atom. The van der Waals surface area contributed by atoms with Gasteiger partial charge in [-0.1, -0.05) is 12.1 Å². The molecule has 1 unspecified atom stereocenters. The van der Waals surface area contributed by atoms with E-state index in [9.17, 15) is 9.59 Å². The molecule has 22 heavy (non-hydrogen) atoms. The van der Waals surface area contributed by atoms with Gasteiger partial charge in [0.25, 0.3) is 5.91 Å². The standard InChI is InChI=1S/C18H19NO3/c1-13-4-2-3-11-19(13)18(21)15-7-5-14(6-8-15)17-10-9-16(12-20)22-17/h5-10,12-13H,2-4,11H2,1H3. The number of hydrogen-bond acceptors (Lipinski definition) is 3. The second-order valence-corrected chi connectivity index (χ2v) is 5.74. The average molecular weight is 297 g/mol. The van der Waals surface area contributed by atoms with Gasteiger partial charge in [0.1, 0.15) is 5.76 Å². The minimum atomic E-state index is 0.0896. The van der Waals surface area contributed by atoms with Crippen LogP contribution in [0, 0.1) is 0 Å². The van der Waals surface area contributed by atoms with Crippen LogP contribution in [0.15, 0.2) is 40.8 Å². The molecule has 1 aliphatic heterocycles. The first-order valence-electron chi connectivity index (χ1n) is 7.65. The van der Waals surface area contributed by atoms with E-state index in [0.29, 0.717) is 29.4 Å². The lowest BCUT2D eigenvalue weighted by Gasteiger charge is -2.33. The summed E-state index contributed by atoms with van der Waals surface area (Å²) in [7, 11) is 0. The monoisotopic (exact) mass is 297 g/mol. The maximum atomic E-state index is 12.6. The van der Waals surface area contributed by atoms with Crippen molar-refractivity contribution in [1.29, 1.82) is 0 Å². The Morgan fingerprint density at radius 2 is 1.95 bits per heavy atom. The van der Waals surface area contributed by atoms with Crippen LogP contribution in [0.25, 0.3) is 11.3 Å². The van der Waals surface area contributed by atoms with Crippen LogP contribution >= 0.6 is 0 Å². The van der Waals surface area contributed by atoms with Crippen molar-refractivity contribution in [3.8, 4) is 11.3 Å². The Labute approximate surface area is 129 Å². The van der Waals surface area contributed by atoms with E-state index in [1.807, 2.05) is 29.2 Å². The van der Waals surface area contributed by atoms with Crippen LogP contribution in [0.2, 0.25) is 0 Å². The Bertz CT molecular complexity index is 672. The molecule has 2 aromatic rings. The van der Waals surface area contributed by atoms with Crippen molar-refractivity contribution in [2.24, 2.45) is 0 Å². The Hall–Kier alpha value is -2.36. The summed E-state index contributed by atoms with van der Waals surface area (Å²) in [6, 6.07) is 11.1. The molecule has 0 aliphatic carbocycles. The molecule has 2 heterocycles. The van der Waals surface area contributed by atoms with E-state index in [1.54, 1.807) is 12.1 Å². The van der Waals surface area contributed by atoms with E-state index in [1.165, 1.54) is 6.42 Å². The Kier molecular flexibility index (Phi) is 4.09. The maximum Gasteiger partial charge on any atom is 0.254 e. The number of amides is 1. The van der Waals surface area contributed by atoms with Crippen LogP contribution in [-0.4, -0.2) is 29.7 Å². The van der Waals surface area contributed by atoms with Gasteiger partial charge >= 0.3 is 0 Å². The summed E-state index contributed by atoms with van der Waals surface area (Å²) in [5.41, 5.74) is 1.55. The number of furan rings is 1. The molecule has 0 radical (unpaired) electrons. The molecule has 1 aromatic carbocycles. The fraction of sp³-hybridized carbons (Fsp3) is 0.333. The molecule has 1 aliphatic rings. The molecule has 4 heteroatoms. The largest absolute Gasteiger partial charge is 0.453 e. The lowest BCUT2D eigenvalue weighted by atomic mass is 10.0. The van der Waals surface area contributed by atoms with Gasteiger partial charge in [-0.15, -0.1) is 0 Å². The highest BCUT2D eigenvalue weighted by atomic mass is 16.3. The first-order chi connectivity index (χ1) is 10.7. The molecule has 1 aromatic heterocycles. The van der Waals surface area contributed by atoms with Crippen LogP contribution in [0.4, 0.5) is 0 Å². The topological polar surface area (TPSA) is 50.5 Å². The third-order valence-corrected chi connectivity index (χ3v) is 4.22. The summed E-state index contributed by atoms with van der Waals surface area (Å²) >= 11 is 0. The number of rotatable bonds is 3. The molecule has 0 spiro atoms.